The van der Waals surface area contributed by atoms with Gasteiger partial charge in [-0.15, -0.1) is 0 Å². The normalized spacial score (nSPS) is 14.5. The molecular weight excluding hydrogens is 302 g/mol. The van der Waals surface area contributed by atoms with Gasteiger partial charge >= 0.3 is 0 Å². The third kappa shape index (κ3) is 3.82. The molecule has 0 spiro atoms. The minimum atomic E-state index is 0.175. The van der Waals surface area contributed by atoms with Crippen LogP contribution in [-0.2, 0) is 4.79 Å². The molecule has 0 N–H and O–H groups in total. The Hall–Kier alpha value is -2.63. The summed E-state index contributed by atoms with van der Waals surface area (Å²) in [6.45, 7) is 6.27. The van der Waals surface area contributed by atoms with Crippen LogP contribution in [0.5, 0.6) is 0 Å². The molecule has 3 rings (SSSR count). The monoisotopic (exact) mass is 325 g/mol. The van der Waals surface area contributed by atoms with Crippen molar-refractivity contribution < 1.29 is 4.79 Å². The smallest absolute Gasteiger partial charge is 0.242 e. The Labute approximate surface area is 142 Å². The second-order valence-electron chi connectivity index (χ2n) is 5.77. The molecule has 6 heteroatoms. The van der Waals surface area contributed by atoms with Crippen LogP contribution in [0.3, 0.4) is 0 Å². The maximum absolute atomic E-state index is 12.6. The van der Waals surface area contributed by atoms with Gasteiger partial charge in [-0.3, -0.25) is 4.79 Å². The molecule has 1 aromatic carbocycles. The van der Waals surface area contributed by atoms with Crippen molar-refractivity contribution in [1.82, 2.24) is 14.9 Å². The van der Waals surface area contributed by atoms with Crippen LogP contribution in [0.25, 0.3) is 0 Å². The topological polar surface area (TPSA) is 52.6 Å². The number of carbonyl (C=O) groups excluding carboxylic acids is 1. The molecule has 1 aromatic heterocycles. The number of benzene rings is 1. The van der Waals surface area contributed by atoms with E-state index in [1.165, 1.54) is 0 Å². The third-order valence-electron chi connectivity index (χ3n) is 4.30. The molecule has 2 aromatic rings. The number of aromatic nitrogens is 2. The van der Waals surface area contributed by atoms with Crippen molar-refractivity contribution in [3.63, 3.8) is 0 Å². The summed E-state index contributed by atoms with van der Waals surface area (Å²) in [5.41, 5.74) is 1.09. The Morgan fingerprint density at radius 3 is 2.33 bits per heavy atom. The molecule has 0 atom stereocenters. The first kappa shape index (κ1) is 16.2. The van der Waals surface area contributed by atoms with Crippen molar-refractivity contribution >= 4 is 17.5 Å². The van der Waals surface area contributed by atoms with Crippen molar-refractivity contribution in [1.29, 1.82) is 0 Å². The molecule has 0 saturated carbocycles. The van der Waals surface area contributed by atoms with Crippen LogP contribution in [0.4, 0.5) is 11.6 Å². The van der Waals surface area contributed by atoms with Crippen molar-refractivity contribution in [2.24, 2.45) is 0 Å². The van der Waals surface area contributed by atoms with Gasteiger partial charge in [-0.05, 0) is 25.1 Å². The van der Waals surface area contributed by atoms with E-state index in [4.69, 9.17) is 0 Å². The fraction of sp³-hybridized carbons (Fsp3) is 0.389. The lowest BCUT2D eigenvalue weighted by Gasteiger charge is -2.36. The van der Waals surface area contributed by atoms with Crippen LogP contribution < -0.4 is 9.80 Å². The van der Waals surface area contributed by atoms with Crippen LogP contribution in [0, 0.1) is 0 Å². The molecule has 1 fully saturated rings. The summed E-state index contributed by atoms with van der Waals surface area (Å²) in [6, 6.07) is 11.9. The lowest BCUT2D eigenvalue weighted by Crippen LogP contribution is -2.51. The summed E-state index contributed by atoms with van der Waals surface area (Å²) in [5, 5.41) is 0. The van der Waals surface area contributed by atoms with Crippen LogP contribution in [0.1, 0.15) is 6.92 Å². The number of piperazine rings is 1. The Balaban J connectivity index is 1.55. The van der Waals surface area contributed by atoms with Crippen LogP contribution in [0.2, 0.25) is 0 Å². The minimum Gasteiger partial charge on any atom is -0.362 e. The molecule has 0 bridgehead atoms. The van der Waals surface area contributed by atoms with Gasteiger partial charge in [0.2, 0.25) is 11.9 Å². The Kier molecular flexibility index (Phi) is 5.25. The van der Waals surface area contributed by atoms with Crippen molar-refractivity contribution in [2.45, 2.75) is 6.92 Å². The summed E-state index contributed by atoms with van der Waals surface area (Å²) in [7, 11) is 0. The van der Waals surface area contributed by atoms with Crippen molar-refractivity contribution in [3.8, 4) is 0 Å². The molecule has 1 aliphatic rings. The molecule has 0 aliphatic carbocycles. The number of nitrogens with zero attached hydrogens (tertiary/aromatic N) is 5. The predicted octanol–water partition coefficient (Wildman–Crippen LogP) is 1.65. The van der Waals surface area contributed by atoms with Gasteiger partial charge < -0.3 is 14.7 Å². The van der Waals surface area contributed by atoms with Gasteiger partial charge in [-0.1, -0.05) is 18.2 Å². The van der Waals surface area contributed by atoms with Gasteiger partial charge in [0.15, 0.2) is 0 Å². The van der Waals surface area contributed by atoms with E-state index in [-0.39, 0.29) is 5.91 Å². The van der Waals surface area contributed by atoms with E-state index in [1.807, 2.05) is 41.3 Å². The lowest BCUT2D eigenvalue weighted by atomic mass is 10.2. The minimum absolute atomic E-state index is 0.175. The number of amides is 1. The fourth-order valence-electron chi connectivity index (χ4n) is 2.90. The highest BCUT2D eigenvalue weighted by Gasteiger charge is 2.23. The number of para-hydroxylation sites is 1. The first-order chi connectivity index (χ1) is 11.8. The second kappa shape index (κ2) is 7.77. The number of carbonyl (C=O) groups is 1. The molecular formula is C18H23N5O. The van der Waals surface area contributed by atoms with E-state index in [0.717, 1.165) is 31.3 Å². The molecule has 0 unspecified atom stereocenters. The molecule has 1 amide bonds. The van der Waals surface area contributed by atoms with Gasteiger partial charge in [-0.25, -0.2) is 9.97 Å². The van der Waals surface area contributed by atoms with Gasteiger partial charge in [0, 0.05) is 50.8 Å². The van der Waals surface area contributed by atoms with E-state index in [9.17, 15) is 4.79 Å². The summed E-state index contributed by atoms with van der Waals surface area (Å²) in [4.78, 5) is 27.3. The molecule has 0 radical (unpaired) electrons. The first-order valence-electron chi connectivity index (χ1n) is 8.37. The first-order valence-corrected chi connectivity index (χ1v) is 8.37. The van der Waals surface area contributed by atoms with Gasteiger partial charge in [0.25, 0.3) is 0 Å². The number of hydrogen-bond acceptors (Lipinski definition) is 5. The summed E-state index contributed by atoms with van der Waals surface area (Å²) in [5.74, 6) is 0.915. The average Bonchev–Trinajstić information content (AvgIpc) is 2.67. The second-order valence-corrected chi connectivity index (χ2v) is 5.77. The highest BCUT2D eigenvalue weighted by Crippen LogP contribution is 2.14. The maximum Gasteiger partial charge on any atom is 0.242 e. The van der Waals surface area contributed by atoms with Crippen LogP contribution in [-0.4, -0.2) is 60.0 Å². The molecule has 1 saturated heterocycles. The highest BCUT2D eigenvalue weighted by atomic mass is 16.2. The number of anilines is 2. The fourth-order valence-corrected chi connectivity index (χ4v) is 2.90. The SMILES string of the molecule is CCN(CC(=O)N1CCN(c2ncccn2)CC1)c1ccccc1. The molecule has 6 nitrogen and oxygen atoms in total. The number of hydrogen-bond donors (Lipinski definition) is 0. The standard InChI is InChI=1S/C18H23N5O/c1-2-21(16-7-4-3-5-8-16)15-17(24)22-11-13-23(14-12-22)18-19-9-6-10-20-18/h3-10H,2,11-15H2,1H3. The van der Waals surface area contributed by atoms with E-state index in [0.29, 0.717) is 19.6 Å². The highest BCUT2D eigenvalue weighted by molar-refractivity contribution is 5.81. The van der Waals surface area contributed by atoms with E-state index in [1.54, 1.807) is 12.4 Å². The van der Waals surface area contributed by atoms with Gasteiger partial charge in [-0.2, -0.15) is 0 Å². The zero-order valence-electron chi connectivity index (χ0n) is 14.0. The number of rotatable bonds is 5. The largest absolute Gasteiger partial charge is 0.362 e. The zero-order chi connectivity index (χ0) is 16.8. The third-order valence-corrected chi connectivity index (χ3v) is 4.30. The zero-order valence-corrected chi connectivity index (χ0v) is 14.0. The summed E-state index contributed by atoms with van der Waals surface area (Å²) in [6.07, 6.45) is 3.50. The summed E-state index contributed by atoms with van der Waals surface area (Å²) < 4.78 is 0. The Morgan fingerprint density at radius 2 is 1.71 bits per heavy atom. The predicted molar refractivity (Wildman–Crippen MR) is 95.2 cm³/mol. The van der Waals surface area contributed by atoms with E-state index < -0.39 is 0 Å². The molecule has 126 valence electrons. The van der Waals surface area contributed by atoms with Gasteiger partial charge in [0.1, 0.15) is 0 Å². The molecule has 1 aliphatic heterocycles. The lowest BCUT2D eigenvalue weighted by molar-refractivity contribution is -0.130. The van der Waals surface area contributed by atoms with E-state index >= 15 is 0 Å². The Bertz CT molecular complexity index is 641. The van der Waals surface area contributed by atoms with Crippen LogP contribution >= 0.6 is 0 Å². The van der Waals surface area contributed by atoms with E-state index in [2.05, 4.69) is 26.7 Å². The Morgan fingerprint density at radius 1 is 1.04 bits per heavy atom. The van der Waals surface area contributed by atoms with Gasteiger partial charge in [0.05, 0.1) is 6.54 Å². The van der Waals surface area contributed by atoms with Crippen molar-refractivity contribution in [3.05, 3.63) is 48.8 Å². The average molecular weight is 325 g/mol. The molecule has 24 heavy (non-hydrogen) atoms. The molecule has 2 heterocycles. The van der Waals surface area contributed by atoms with Crippen molar-refractivity contribution in [2.75, 3.05) is 49.1 Å². The van der Waals surface area contributed by atoms with Crippen LogP contribution in [0.15, 0.2) is 48.8 Å². The number of likely N-dealkylation sites (N-methyl/N-ethyl adjacent to an activating group) is 1. The summed E-state index contributed by atoms with van der Waals surface area (Å²) >= 11 is 0. The maximum atomic E-state index is 12.6. The quantitative estimate of drug-likeness (QED) is 0.837.